The quantitative estimate of drug-likeness (QED) is 0.733. The first-order valence-corrected chi connectivity index (χ1v) is 6.95. The number of carbonyl (C=O) groups is 3. The van der Waals surface area contributed by atoms with Crippen molar-refractivity contribution in [3.8, 4) is 0 Å². The SMILES string of the molecule is Cc1nc(CNC(=O)NC(=O)CC(C)CC(=O)O)cs1. The zero-order chi connectivity index (χ0) is 15.1. The van der Waals surface area contributed by atoms with Gasteiger partial charge in [0, 0.05) is 18.2 Å². The van der Waals surface area contributed by atoms with Gasteiger partial charge < -0.3 is 10.4 Å². The van der Waals surface area contributed by atoms with E-state index in [-0.39, 0.29) is 25.3 Å². The molecule has 0 aliphatic rings. The molecule has 1 heterocycles. The molecule has 0 bridgehead atoms. The maximum atomic E-state index is 11.5. The second-order valence-electron chi connectivity index (χ2n) is 4.50. The average molecular weight is 299 g/mol. The lowest BCUT2D eigenvalue weighted by atomic mass is 10.0. The topological polar surface area (TPSA) is 108 Å². The Kier molecular flexibility index (Phi) is 6.10. The van der Waals surface area contributed by atoms with E-state index in [1.54, 1.807) is 6.92 Å². The van der Waals surface area contributed by atoms with Crippen molar-refractivity contribution in [3.05, 3.63) is 16.1 Å². The molecular weight excluding hydrogens is 282 g/mol. The maximum Gasteiger partial charge on any atom is 0.321 e. The van der Waals surface area contributed by atoms with Gasteiger partial charge in [-0.1, -0.05) is 6.92 Å². The predicted octanol–water partition coefficient (Wildman–Crippen LogP) is 1.28. The molecule has 0 aliphatic carbocycles. The summed E-state index contributed by atoms with van der Waals surface area (Å²) in [6, 6.07) is -0.608. The van der Waals surface area contributed by atoms with E-state index in [0.717, 1.165) is 10.7 Å². The third-order valence-corrected chi connectivity index (χ3v) is 3.23. The lowest BCUT2D eigenvalue weighted by molar-refractivity contribution is -0.138. The van der Waals surface area contributed by atoms with Crippen LogP contribution >= 0.6 is 11.3 Å². The van der Waals surface area contributed by atoms with Crippen LogP contribution < -0.4 is 10.6 Å². The molecule has 0 saturated heterocycles. The number of aromatic nitrogens is 1. The first kappa shape index (κ1) is 16.1. The minimum Gasteiger partial charge on any atom is -0.481 e. The van der Waals surface area contributed by atoms with E-state index >= 15 is 0 Å². The minimum absolute atomic E-state index is 0.00444. The monoisotopic (exact) mass is 299 g/mol. The Morgan fingerprint density at radius 3 is 2.65 bits per heavy atom. The van der Waals surface area contributed by atoms with Crippen LogP contribution in [-0.2, 0) is 16.1 Å². The van der Waals surface area contributed by atoms with Crippen LogP contribution in [0.25, 0.3) is 0 Å². The van der Waals surface area contributed by atoms with Crippen LogP contribution in [0.3, 0.4) is 0 Å². The van der Waals surface area contributed by atoms with Gasteiger partial charge in [0.15, 0.2) is 0 Å². The minimum atomic E-state index is -0.964. The van der Waals surface area contributed by atoms with Crippen LogP contribution in [-0.4, -0.2) is 28.0 Å². The number of nitrogens with one attached hydrogen (secondary N) is 2. The van der Waals surface area contributed by atoms with Gasteiger partial charge in [-0.05, 0) is 12.8 Å². The molecule has 1 atom stereocenters. The van der Waals surface area contributed by atoms with Crippen LogP contribution in [0.4, 0.5) is 4.79 Å². The normalized spacial score (nSPS) is 11.7. The number of aryl methyl sites for hydroxylation is 1. The van der Waals surface area contributed by atoms with E-state index in [2.05, 4.69) is 15.6 Å². The fourth-order valence-electron chi connectivity index (χ4n) is 1.57. The Hall–Kier alpha value is -1.96. The summed E-state index contributed by atoms with van der Waals surface area (Å²) >= 11 is 1.48. The molecule has 8 heteroatoms. The third kappa shape index (κ3) is 6.28. The van der Waals surface area contributed by atoms with E-state index in [9.17, 15) is 14.4 Å². The van der Waals surface area contributed by atoms with E-state index in [1.807, 2.05) is 12.3 Å². The van der Waals surface area contributed by atoms with Gasteiger partial charge in [0.1, 0.15) is 0 Å². The number of thiazole rings is 1. The van der Waals surface area contributed by atoms with Crippen LogP contribution in [0.1, 0.15) is 30.5 Å². The lowest BCUT2D eigenvalue weighted by Gasteiger charge is -2.09. The number of rotatable bonds is 6. The van der Waals surface area contributed by atoms with Gasteiger partial charge >= 0.3 is 12.0 Å². The van der Waals surface area contributed by atoms with Gasteiger partial charge in [0.25, 0.3) is 0 Å². The van der Waals surface area contributed by atoms with Crippen molar-refractivity contribution < 1.29 is 19.5 Å². The van der Waals surface area contributed by atoms with Crippen molar-refractivity contribution in [2.75, 3.05) is 0 Å². The summed E-state index contributed by atoms with van der Waals surface area (Å²) in [6.07, 6.45) is -0.108. The molecule has 3 amide bonds. The fraction of sp³-hybridized carbons (Fsp3) is 0.500. The third-order valence-electron chi connectivity index (χ3n) is 2.41. The number of carboxylic acid groups (broad SMARTS) is 1. The Balaban J connectivity index is 2.27. The number of hydrogen-bond acceptors (Lipinski definition) is 5. The molecule has 1 rings (SSSR count). The number of carbonyl (C=O) groups excluding carboxylic acids is 2. The molecule has 1 aromatic rings. The highest BCUT2D eigenvalue weighted by atomic mass is 32.1. The molecular formula is C12H17N3O4S. The highest BCUT2D eigenvalue weighted by molar-refractivity contribution is 7.09. The van der Waals surface area contributed by atoms with Gasteiger partial charge in [0.2, 0.25) is 5.91 Å². The Morgan fingerprint density at radius 2 is 2.10 bits per heavy atom. The Labute approximate surface area is 120 Å². The summed E-state index contributed by atoms with van der Waals surface area (Å²) in [5.74, 6) is -1.78. The Morgan fingerprint density at radius 1 is 1.40 bits per heavy atom. The zero-order valence-electron chi connectivity index (χ0n) is 11.3. The molecule has 0 fully saturated rings. The van der Waals surface area contributed by atoms with Crippen LogP contribution in [0, 0.1) is 12.8 Å². The molecule has 1 unspecified atom stereocenters. The van der Waals surface area contributed by atoms with Crippen molar-refractivity contribution in [2.45, 2.75) is 33.2 Å². The molecule has 7 nitrogen and oxygen atoms in total. The number of hydrogen-bond donors (Lipinski definition) is 3. The number of imide groups is 1. The van der Waals surface area contributed by atoms with E-state index < -0.39 is 17.9 Å². The van der Waals surface area contributed by atoms with Crippen molar-refractivity contribution in [2.24, 2.45) is 5.92 Å². The number of urea groups is 1. The van der Waals surface area contributed by atoms with Gasteiger partial charge in [0.05, 0.1) is 17.2 Å². The average Bonchev–Trinajstić information content (AvgIpc) is 2.71. The smallest absolute Gasteiger partial charge is 0.321 e. The number of carboxylic acids is 1. The van der Waals surface area contributed by atoms with Crippen LogP contribution in [0.15, 0.2) is 5.38 Å². The summed E-state index contributed by atoms with van der Waals surface area (Å²) in [5.41, 5.74) is 0.731. The summed E-state index contributed by atoms with van der Waals surface area (Å²) < 4.78 is 0. The molecule has 0 spiro atoms. The van der Waals surface area contributed by atoms with Crippen molar-refractivity contribution in [3.63, 3.8) is 0 Å². The van der Waals surface area contributed by atoms with Gasteiger partial charge in [-0.25, -0.2) is 9.78 Å². The van der Waals surface area contributed by atoms with E-state index in [4.69, 9.17) is 5.11 Å². The summed E-state index contributed by atoms with van der Waals surface area (Å²) in [4.78, 5) is 37.6. The predicted molar refractivity (Wildman–Crippen MR) is 73.3 cm³/mol. The maximum absolute atomic E-state index is 11.5. The van der Waals surface area contributed by atoms with E-state index in [0.29, 0.717) is 0 Å². The van der Waals surface area contributed by atoms with Crippen LogP contribution in [0.5, 0.6) is 0 Å². The first-order chi connectivity index (χ1) is 9.36. The zero-order valence-corrected chi connectivity index (χ0v) is 12.1. The van der Waals surface area contributed by atoms with Gasteiger partial charge in [-0.2, -0.15) is 0 Å². The largest absolute Gasteiger partial charge is 0.481 e. The molecule has 0 aromatic carbocycles. The second kappa shape index (κ2) is 7.59. The highest BCUT2D eigenvalue weighted by Crippen LogP contribution is 2.08. The molecule has 3 N–H and O–H groups in total. The van der Waals surface area contributed by atoms with Crippen LogP contribution in [0.2, 0.25) is 0 Å². The molecule has 1 aromatic heterocycles. The lowest BCUT2D eigenvalue weighted by Crippen LogP contribution is -2.39. The first-order valence-electron chi connectivity index (χ1n) is 6.07. The molecule has 0 aliphatic heterocycles. The van der Waals surface area contributed by atoms with Gasteiger partial charge in [-0.3, -0.25) is 14.9 Å². The molecule has 110 valence electrons. The molecule has 0 saturated carbocycles. The van der Waals surface area contributed by atoms with Crippen molar-refractivity contribution in [1.82, 2.24) is 15.6 Å². The van der Waals surface area contributed by atoms with Crippen molar-refractivity contribution >= 4 is 29.2 Å². The van der Waals surface area contributed by atoms with Crippen molar-refractivity contribution in [1.29, 1.82) is 0 Å². The number of amides is 3. The fourth-order valence-corrected chi connectivity index (χ4v) is 2.18. The summed E-state index contributed by atoms with van der Waals surface area (Å²) in [5, 5.41) is 16.0. The van der Waals surface area contributed by atoms with Gasteiger partial charge in [-0.15, -0.1) is 11.3 Å². The molecule has 0 radical (unpaired) electrons. The number of aliphatic carboxylic acids is 1. The van der Waals surface area contributed by atoms with E-state index in [1.165, 1.54) is 11.3 Å². The number of nitrogens with zero attached hydrogens (tertiary/aromatic N) is 1. The molecule has 20 heavy (non-hydrogen) atoms. The second-order valence-corrected chi connectivity index (χ2v) is 5.56. The Bertz CT molecular complexity index is 501. The highest BCUT2D eigenvalue weighted by Gasteiger charge is 2.14. The standard InChI is InChI=1S/C12H17N3O4S/c1-7(4-11(17)18)3-10(16)15-12(19)13-5-9-6-20-8(2)14-9/h6-7H,3-5H2,1-2H3,(H,17,18)(H2,13,15,16,19). The summed E-state index contributed by atoms with van der Waals surface area (Å²) in [6.45, 7) is 3.75. The summed E-state index contributed by atoms with van der Waals surface area (Å²) in [7, 11) is 0.